The van der Waals surface area contributed by atoms with Crippen LogP contribution in [0, 0.1) is 0 Å². The Morgan fingerprint density at radius 1 is 1.04 bits per heavy atom. The standard InChI is InChI=1S/C20H22N2O6/c1-3-27-17-10-5-4-9-16(17)22-18(23)13-28-19(24)12-21-20(25)14-7-6-8-15(11-14)26-2/h4-11H,3,12-13H2,1-2H3,(H,21,25)(H,22,23). The van der Waals surface area contributed by atoms with Gasteiger partial charge in [0.15, 0.2) is 6.61 Å². The predicted octanol–water partition coefficient (Wildman–Crippen LogP) is 2.01. The Morgan fingerprint density at radius 2 is 1.82 bits per heavy atom. The van der Waals surface area contributed by atoms with Gasteiger partial charge < -0.3 is 24.8 Å². The number of esters is 1. The van der Waals surface area contributed by atoms with Gasteiger partial charge in [-0.1, -0.05) is 18.2 Å². The summed E-state index contributed by atoms with van der Waals surface area (Å²) in [5, 5.41) is 5.04. The molecule has 0 aliphatic rings. The lowest BCUT2D eigenvalue weighted by atomic mass is 10.2. The number of anilines is 1. The molecule has 0 saturated heterocycles. The molecule has 0 saturated carbocycles. The first kappa shape index (κ1) is 20.8. The lowest BCUT2D eigenvalue weighted by Gasteiger charge is -2.11. The van der Waals surface area contributed by atoms with Crippen molar-refractivity contribution in [3.63, 3.8) is 0 Å². The van der Waals surface area contributed by atoms with Crippen molar-refractivity contribution in [1.29, 1.82) is 0 Å². The third-order valence-corrected chi connectivity index (χ3v) is 3.55. The minimum absolute atomic E-state index is 0.345. The molecule has 8 nitrogen and oxygen atoms in total. The van der Waals surface area contributed by atoms with E-state index in [-0.39, 0.29) is 6.54 Å². The Balaban J connectivity index is 1.77. The molecule has 2 aromatic rings. The molecule has 0 heterocycles. The van der Waals surface area contributed by atoms with E-state index in [0.717, 1.165) is 0 Å². The monoisotopic (exact) mass is 386 g/mol. The Kier molecular flexibility index (Phi) is 7.83. The molecule has 2 aromatic carbocycles. The van der Waals surface area contributed by atoms with Crippen molar-refractivity contribution in [1.82, 2.24) is 5.32 Å². The predicted molar refractivity (Wildman–Crippen MR) is 103 cm³/mol. The van der Waals surface area contributed by atoms with Gasteiger partial charge in [-0.2, -0.15) is 0 Å². The number of hydrogen-bond acceptors (Lipinski definition) is 6. The molecule has 148 valence electrons. The van der Waals surface area contributed by atoms with E-state index in [0.29, 0.717) is 29.4 Å². The molecule has 8 heteroatoms. The molecule has 0 spiro atoms. The highest BCUT2D eigenvalue weighted by Gasteiger charge is 2.12. The van der Waals surface area contributed by atoms with Crippen LogP contribution in [0.3, 0.4) is 0 Å². The average molecular weight is 386 g/mol. The number of hydrogen-bond donors (Lipinski definition) is 2. The van der Waals surface area contributed by atoms with Gasteiger partial charge in [0, 0.05) is 5.56 Å². The number of carbonyl (C=O) groups excluding carboxylic acids is 3. The highest BCUT2D eigenvalue weighted by molar-refractivity contribution is 5.97. The van der Waals surface area contributed by atoms with Crippen molar-refractivity contribution in [2.45, 2.75) is 6.92 Å². The number of amides is 2. The first-order valence-corrected chi connectivity index (χ1v) is 8.63. The minimum Gasteiger partial charge on any atom is -0.497 e. The molecule has 0 aliphatic heterocycles. The van der Waals surface area contributed by atoms with Crippen LogP contribution in [0.15, 0.2) is 48.5 Å². The van der Waals surface area contributed by atoms with Gasteiger partial charge in [-0.3, -0.25) is 14.4 Å². The van der Waals surface area contributed by atoms with Gasteiger partial charge in [0.25, 0.3) is 11.8 Å². The number of carbonyl (C=O) groups is 3. The zero-order chi connectivity index (χ0) is 20.4. The number of methoxy groups -OCH3 is 1. The van der Waals surface area contributed by atoms with Crippen molar-refractivity contribution in [2.75, 3.05) is 32.2 Å². The maximum absolute atomic E-state index is 12.0. The molecule has 0 fully saturated rings. The van der Waals surface area contributed by atoms with E-state index >= 15 is 0 Å². The second-order valence-corrected chi connectivity index (χ2v) is 5.55. The van der Waals surface area contributed by atoms with E-state index in [1.165, 1.54) is 7.11 Å². The van der Waals surface area contributed by atoms with E-state index in [1.54, 1.807) is 48.5 Å². The molecule has 0 bridgehead atoms. The van der Waals surface area contributed by atoms with E-state index in [2.05, 4.69) is 10.6 Å². The summed E-state index contributed by atoms with van der Waals surface area (Å²) in [7, 11) is 1.49. The molecular formula is C20H22N2O6. The maximum Gasteiger partial charge on any atom is 0.325 e. The summed E-state index contributed by atoms with van der Waals surface area (Å²) < 4.78 is 15.3. The highest BCUT2D eigenvalue weighted by atomic mass is 16.5. The van der Waals surface area contributed by atoms with Crippen LogP contribution >= 0.6 is 0 Å². The van der Waals surface area contributed by atoms with Crippen LogP contribution in [0.5, 0.6) is 11.5 Å². The summed E-state index contributed by atoms with van der Waals surface area (Å²) in [5.41, 5.74) is 0.828. The molecule has 0 atom stereocenters. The fraction of sp³-hybridized carbons (Fsp3) is 0.250. The first-order valence-electron chi connectivity index (χ1n) is 8.63. The topological polar surface area (TPSA) is 103 Å². The fourth-order valence-corrected chi connectivity index (χ4v) is 2.25. The molecule has 0 radical (unpaired) electrons. The van der Waals surface area contributed by atoms with E-state index in [1.807, 2.05) is 6.92 Å². The van der Waals surface area contributed by atoms with Crippen LogP contribution in [-0.2, 0) is 14.3 Å². The van der Waals surface area contributed by atoms with Gasteiger partial charge in [0.2, 0.25) is 0 Å². The van der Waals surface area contributed by atoms with Gasteiger partial charge in [-0.15, -0.1) is 0 Å². The number of para-hydroxylation sites is 2. The third-order valence-electron chi connectivity index (χ3n) is 3.55. The van der Waals surface area contributed by atoms with Gasteiger partial charge in [0.05, 0.1) is 19.4 Å². The Morgan fingerprint density at radius 3 is 2.57 bits per heavy atom. The second-order valence-electron chi connectivity index (χ2n) is 5.55. The molecule has 0 aliphatic carbocycles. The zero-order valence-corrected chi connectivity index (χ0v) is 15.7. The summed E-state index contributed by atoms with van der Waals surface area (Å²) in [6.45, 7) is 1.45. The smallest absolute Gasteiger partial charge is 0.325 e. The Labute approximate surface area is 162 Å². The SMILES string of the molecule is CCOc1ccccc1NC(=O)COC(=O)CNC(=O)c1cccc(OC)c1. The fourth-order valence-electron chi connectivity index (χ4n) is 2.25. The number of nitrogens with one attached hydrogen (secondary N) is 2. The normalized spacial score (nSPS) is 9.93. The molecule has 0 unspecified atom stereocenters. The van der Waals surface area contributed by atoms with Crippen LogP contribution in [0.4, 0.5) is 5.69 Å². The van der Waals surface area contributed by atoms with Crippen molar-refractivity contribution >= 4 is 23.5 Å². The summed E-state index contributed by atoms with van der Waals surface area (Å²) >= 11 is 0. The van der Waals surface area contributed by atoms with Crippen LogP contribution in [0.2, 0.25) is 0 Å². The van der Waals surface area contributed by atoms with Crippen LogP contribution in [-0.4, -0.2) is 44.7 Å². The summed E-state index contributed by atoms with van der Waals surface area (Å²) in [5.74, 6) is -0.649. The van der Waals surface area contributed by atoms with Gasteiger partial charge in [-0.05, 0) is 37.3 Å². The van der Waals surface area contributed by atoms with Crippen molar-refractivity contribution in [3.05, 3.63) is 54.1 Å². The molecular weight excluding hydrogens is 364 g/mol. The zero-order valence-electron chi connectivity index (χ0n) is 15.7. The van der Waals surface area contributed by atoms with E-state index < -0.39 is 24.4 Å². The molecule has 2 rings (SSSR count). The van der Waals surface area contributed by atoms with E-state index in [9.17, 15) is 14.4 Å². The number of rotatable bonds is 9. The lowest BCUT2D eigenvalue weighted by Crippen LogP contribution is -2.32. The van der Waals surface area contributed by atoms with Gasteiger partial charge >= 0.3 is 5.97 Å². The lowest BCUT2D eigenvalue weighted by molar-refractivity contribution is -0.146. The Hall–Kier alpha value is -3.55. The number of benzene rings is 2. The van der Waals surface area contributed by atoms with Gasteiger partial charge in [-0.25, -0.2) is 0 Å². The van der Waals surface area contributed by atoms with E-state index in [4.69, 9.17) is 14.2 Å². The summed E-state index contributed by atoms with van der Waals surface area (Å²) in [6.07, 6.45) is 0. The maximum atomic E-state index is 12.0. The number of ether oxygens (including phenoxy) is 3. The molecule has 2 N–H and O–H groups in total. The summed E-state index contributed by atoms with van der Waals surface area (Å²) in [4.78, 5) is 35.7. The van der Waals surface area contributed by atoms with Crippen molar-refractivity contribution in [3.8, 4) is 11.5 Å². The highest BCUT2D eigenvalue weighted by Crippen LogP contribution is 2.23. The summed E-state index contributed by atoms with van der Waals surface area (Å²) in [6, 6.07) is 13.4. The largest absolute Gasteiger partial charge is 0.497 e. The average Bonchev–Trinajstić information content (AvgIpc) is 2.72. The van der Waals surface area contributed by atoms with Crippen molar-refractivity contribution < 1.29 is 28.6 Å². The third kappa shape index (κ3) is 6.31. The van der Waals surface area contributed by atoms with Crippen molar-refractivity contribution in [2.24, 2.45) is 0 Å². The quantitative estimate of drug-likeness (QED) is 0.639. The minimum atomic E-state index is -0.732. The van der Waals surface area contributed by atoms with Crippen LogP contribution in [0.25, 0.3) is 0 Å². The van der Waals surface area contributed by atoms with Crippen LogP contribution in [0.1, 0.15) is 17.3 Å². The first-order chi connectivity index (χ1) is 13.5. The van der Waals surface area contributed by atoms with Crippen LogP contribution < -0.4 is 20.1 Å². The van der Waals surface area contributed by atoms with Gasteiger partial charge in [0.1, 0.15) is 18.0 Å². The molecule has 28 heavy (non-hydrogen) atoms. The molecule has 0 aromatic heterocycles. The molecule has 2 amide bonds. The Bertz CT molecular complexity index is 837. The second kappa shape index (κ2) is 10.6.